The lowest BCUT2D eigenvalue weighted by Crippen LogP contribution is -2.31. The standard InChI is InChI=1S/C8H14N4S/c1-2-10-8(9)12-4-3-7-11-5-6-13-7/h5-6H,2-4H2,1H3,(H3,9,10,12). The molecule has 72 valence electrons. The van der Waals surface area contributed by atoms with Gasteiger partial charge >= 0.3 is 0 Å². The van der Waals surface area contributed by atoms with Crippen molar-refractivity contribution >= 4 is 17.3 Å². The smallest absolute Gasteiger partial charge is 0.188 e. The van der Waals surface area contributed by atoms with Crippen LogP contribution in [0, 0.1) is 0 Å². The first-order chi connectivity index (χ1) is 6.33. The zero-order valence-corrected chi connectivity index (χ0v) is 8.47. The quantitative estimate of drug-likeness (QED) is 0.550. The van der Waals surface area contributed by atoms with Crippen LogP contribution in [0.25, 0.3) is 0 Å². The van der Waals surface area contributed by atoms with Gasteiger partial charge < -0.3 is 11.1 Å². The van der Waals surface area contributed by atoms with Crippen molar-refractivity contribution in [2.24, 2.45) is 10.7 Å². The number of thiazole rings is 1. The largest absolute Gasteiger partial charge is 0.370 e. The average molecular weight is 198 g/mol. The molecule has 5 heteroatoms. The molecule has 0 saturated carbocycles. The van der Waals surface area contributed by atoms with Crippen molar-refractivity contribution in [2.75, 3.05) is 13.1 Å². The van der Waals surface area contributed by atoms with Crippen molar-refractivity contribution in [3.8, 4) is 0 Å². The lowest BCUT2D eigenvalue weighted by molar-refractivity contribution is 0.900. The van der Waals surface area contributed by atoms with Gasteiger partial charge in [0.1, 0.15) is 0 Å². The highest BCUT2D eigenvalue weighted by Gasteiger charge is 1.93. The average Bonchev–Trinajstić information content (AvgIpc) is 2.57. The zero-order chi connectivity index (χ0) is 9.52. The van der Waals surface area contributed by atoms with E-state index in [1.54, 1.807) is 17.5 Å². The molecule has 0 bridgehead atoms. The molecule has 0 aliphatic heterocycles. The van der Waals surface area contributed by atoms with Crippen LogP contribution in [-0.4, -0.2) is 24.0 Å². The van der Waals surface area contributed by atoms with Crippen LogP contribution in [0.2, 0.25) is 0 Å². The minimum atomic E-state index is 0.513. The van der Waals surface area contributed by atoms with E-state index < -0.39 is 0 Å². The molecule has 1 rings (SSSR count). The topological polar surface area (TPSA) is 63.3 Å². The Kier molecular flexibility index (Phi) is 4.25. The fourth-order valence-electron chi connectivity index (χ4n) is 0.885. The number of nitrogens with two attached hydrogens (primary N) is 1. The van der Waals surface area contributed by atoms with Gasteiger partial charge in [0.2, 0.25) is 0 Å². The van der Waals surface area contributed by atoms with Gasteiger partial charge in [-0.15, -0.1) is 11.3 Å². The third-order valence-electron chi connectivity index (χ3n) is 1.45. The molecule has 0 saturated heterocycles. The zero-order valence-electron chi connectivity index (χ0n) is 7.66. The van der Waals surface area contributed by atoms with Gasteiger partial charge in [-0.3, -0.25) is 4.99 Å². The van der Waals surface area contributed by atoms with E-state index >= 15 is 0 Å². The van der Waals surface area contributed by atoms with Crippen LogP contribution in [0.5, 0.6) is 0 Å². The Morgan fingerprint density at radius 3 is 3.23 bits per heavy atom. The van der Waals surface area contributed by atoms with Crippen molar-refractivity contribution in [3.63, 3.8) is 0 Å². The molecule has 0 aliphatic carbocycles. The highest BCUT2D eigenvalue weighted by Crippen LogP contribution is 2.03. The van der Waals surface area contributed by atoms with Gasteiger partial charge in [-0.25, -0.2) is 4.98 Å². The van der Waals surface area contributed by atoms with Crippen molar-refractivity contribution in [3.05, 3.63) is 16.6 Å². The van der Waals surface area contributed by atoms with Crippen LogP contribution in [0.3, 0.4) is 0 Å². The summed E-state index contributed by atoms with van der Waals surface area (Å²) in [5.41, 5.74) is 5.55. The highest BCUT2D eigenvalue weighted by atomic mass is 32.1. The monoisotopic (exact) mass is 198 g/mol. The number of rotatable bonds is 4. The van der Waals surface area contributed by atoms with Crippen molar-refractivity contribution in [1.29, 1.82) is 0 Å². The third kappa shape index (κ3) is 3.89. The van der Waals surface area contributed by atoms with Crippen molar-refractivity contribution < 1.29 is 0 Å². The molecule has 4 nitrogen and oxygen atoms in total. The molecular weight excluding hydrogens is 184 g/mol. The molecular formula is C8H14N4S. The van der Waals surface area contributed by atoms with Gasteiger partial charge in [0, 0.05) is 31.1 Å². The number of hydrogen-bond acceptors (Lipinski definition) is 3. The van der Waals surface area contributed by atoms with E-state index in [0.29, 0.717) is 12.5 Å². The normalized spacial score (nSPS) is 11.6. The summed E-state index contributed by atoms with van der Waals surface area (Å²) < 4.78 is 0. The van der Waals surface area contributed by atoms with Gasteiger partial charge in [0.05, 0.1) is 5.01 Å². The lowest BCUT2D eigenvalue weighted by Gasteiger charge is -2.00. The van der Waals surface area contributed by atoms with Crippen molar-refractivity contribution in [2.45, 2.75) is 13.3 Å². The summed E-state index contributed by atoms with van der Waals surface area (Å²) in [4.78, 5) is 8.29. The SMILES string of the molecule is CCNC(N)=NCCc1nccs1. The van der Waals surface area contributed by atoms with Crippen LogP contribution in [0.4, 0.5) is 0 Å². The Hall–Kier alpha value is -1.10. The maximum atomic E-state index is 5.55. The molecule has 1 heterocycles. The van der Waals surface area contributed by atoms with Gasteiger partial charge in [-0.2, -0.15) is 0 Å². The van der Waals surface area contributed by atoms with E-state index in [4.69, 9.17) is 5.73 Å². The van der Waals surface area contributed by atoms with Gasteiger partial charge in [0.25, 0.3) is 0 Å². The number of guanidine groups is 1. The number of aromatic nitrogens is 1. The molecule has 3 N–H and O–H groups in total. The fourth-order valence-corrected chi connectivity index (χ4v) is 1.50. The molecule has 0 fully saturated rings. The predicted molar refractivity (Wildman–Crippen MR) is 56.0 cm³/mol. The second-order valence-electron chi connectivity index (χ2n) is 2.47. The number of nitrogens with one attached hydrogen (secondary N) is 1. The van der Waals surface area contributed by atoms with Crippen molar-refractivity contribution in [1.82, 2.24) is 10.3 Å². The maximum absolute atomic E-state index is 5.55. The van der Waals surface area contributed by atoms with E-state index in [9.17, 15) is 0 Å². The molecule has 0 unspecified atom stereocenters. The Balaban J connectivity index is 2.24. The van der Waals surface area contributed by atoms with Crippen LogP contribution >= 0.6 is 11.3 Å². The van der Waals surface area contributed by atoms with Crippen LogP contribution in [0.1, 0.15) is 11.9 Å². The summed E-state index contributed by atoms with van der Waals surface area (Å²) in [6.45, 7) is 3.50. The summed E-state index contributed by atoms with van der Waals surface area (Å²) in [6, 6.07) is 0. The van der Waals surface area contributed by atoms with Gasteiger partial charge in [0.15, 0.2) is 5.96 Å². The van der Waals surface area contributed by atoms with E-state index in [2.05, 4.69) is 15.3 Å². The Bertz CT molecular complexity index is 255. The Morgan fingerprint density at radius 1 is 1.77 bits per heavy atom. The Morgan fingerprint density at radius 2 is 2.62 bits per heavy atom. The molecule has 1 aromatic heterocycles. The van der Waals surface area contributed by atoms with E-state index in [0.717, 1.165) is 18.0 Å². The minimum Gasteiger partial charge on any atom is -0.370 e. The third-order valence-corrected chi connectivity index (χ3v) is 2.29. The number of hydrogen-bond donors (Lipinski definition) is 2. The number of aliphatic imine (C=N–C) groups is 1. The van der Waals surface area contributed by atoms with Crippen LogP contribution in [0.15, 0.2) is 16.6 Å². The first-order valence-corrected chi connectivity index (χ1v) is 5.13. The second-order valence-corrected chi connectivity index (χ2v) is 3.45. The molecule has 0 amide bonds. The first kappa shape index (κ1) is 9.98. The summed E-state index contributed by atoms with van der Waals surface area (Å²) in [5.74, 6) is 0.513. The van der Waals surface area contributed by atoms with E-state index in [-0.39, 0.29) is 0 Å². The van der Waals surface area contributed by atoms with Gasteiger partial charge in [-0.1, -0.05) is 0 Å². The molecule has 13 heavy (non-hydrogen) atoms. The predicted octanol–water partition coefficient (Wildman–Crippen LogP) is 0.610. The molecule has 0 aliphatic rings. The highest BCUT2D eigenvalue weighted by molar-refractivity contribution is 7.09. The van der Waals surface area contributed by atoms with Gasteiger partial charge in [-0.05, 0) is 6.92 Å². The number of nitrogens with zero attached hydrogens (tertiary/aromatic N) is 2. The fraction of sp³-hybridized carbons (Fsp3) is 0.500. The van der Waals surface area contributed by atoms with Crippen LogP contribution < -0.4 is 11.1 Å². The van der Waals surface area contributed by atoms with Crippen LogP contribution in [-0.2, 0) is 6.42 Å². The summed E-state index contributed by atoms with van der Waals surface area (Å²) in [7, 11) is 0. The Labute approximate surface area is 81.9 Å². The lowest BCUT2D eigenvalue weighted by atomic mass is 10.4. The first-order valence-electron chi connectivity index (χ1n) is 4.25. The second kappa shape index (κ2) is 5.53. The molecule has 0 aromatic carbocycles. The summed E-state index contributed by atoms with van der Waals surface area (Å²) >= 11 is 1.65. The summed E-state index contributed by atoms with van der Waals surface area (Å²) in [6.07, 6.45) is 2.67. The summed E-state index contributed by atoms with van der Waals surface area (Å²) in [5, 5.41) is 6.01. The maximum Gasteiger partial charge on any atom is 0.188 e. The van der Waals surface area contributed by atoms with E-state index in [1.165, 1.54) is 0 Å². The van der Waals surface area contributed by atoms with E-state index in [1.807, 2.05) is 12.3 Å². The molecule has 0 radical (unpaired) electrons. The molecule has 0 spiro atoms. The molecule has 1 aromatic rings. The molecule has 0 atom stereocenters. The minimum absolute atomic E-state index is 0.513.